The minimum Gasteiger partial charge on any atom is -0.508 e. The molecule has 1 aromatic carbocycles. The molecule has 6 N–H and O–H groups in total. The van der Waals surface area contributed by atoms with Crippen LogP contribution in [0.5, 0.6) is 5.75 Å². The Labute approximate surface area is 262 Å². The molecule has 0 bridgehead atoms. The molecule has 1 amide bonds. The lowest BCUT2D eigenvalue weighted by molar-refractivity contribution is -0.153. The fraction of sp³-hybridized carbons (Fsp3) is 0.567. The molecule has 0 radical (unpaired) electrons. The van der Waals surface area contributed by atoms with Gasteiger partial charge in [-0.1, -0.05) is 19.8 Å². The van der Waals surface area contributed by atoms with Crippen molar-refractivity contribution in [2.45, 2.75) is 76.1 Å². The number of phenols is 1. The van der Waals surface area contributed by atoms with E-state index in [1.165, 1.54) is 25.1 Å². The molecule has 0 aliphatic heterocycles. The highest BCUT2D eigenvalue weighted by Crippen LogP contribution is 2.53. The molecule has 4 aliphatic carbocycles. The van der Waals surface area contributed by atoms with Gasteiger partial charge in [0.15, 0.2) is 11.4 Å². The summed E-state index contributed by atoms with van der Waals surface area (Å²) in [5.41, 5.74) is 1.45. The summed E-state index contributed by atoms with van der Waals surface area (Å²) in [5.74, 6) is -8.12. The fourth-order valence-electron chi connectivity index (χ4n) is 7.80. The number of rotatable bonds is 6. The third kappa shape index (κ3) is 5.03. The SMILES string of the molecule is CCN(Cc1cc(O)c2c(c1F)C[C@H]1C[C@H]3[C@H](N(C)C)C(=O)C(C(N)=O)=C(O)[C@@]3(O)C(=O)C1=C2O)C1(C)CCCC1.Cl.Cl. The molecule has 1 aromatic rings. The number of fused-ring (bicyclic) bond motifs is 3. The number of halogens is 3. The summed E-state index contributed by atoms with van der Waals surface area (Å²) in [6, 6.07) is 0.0725. The van der Waals surface area contributed by atoms with Crippen molar-refractivity contribution in [1.82, 2.24) is 9.80 Å². The standard InChI is InChI=1S/C30H38FN3O7.2ClH/c1-5-34(29(2)8-6-7-9-29)13-15-12-18(35)20-16(22(15)31)10-14-11-17-23(33(3)4)25(37)21(28(32)40)27(39)30(17,41)26(38)19(14)24(20)36;;/h12,14,17,23,35-36,39,41H,5-11,13H2,1-4H3,(H2,32,40);2*1H/t14-,17-,23-,30-;;/m0../s1. The van der Waals surface area contributed by atoms with Gasteiger partial charge in [-0.15, -0.1) is 24.8 Å². The van der Waals surface area contributed by atoms with Crippen LogP contribution in [0, 0.1) is 17.7 Å². The topological polar surface area (TPSA) is 165 Å². The Hall–Kier alpha value is -2.70. The van der Waals surface area contributed by atoms with Crippen molar-refractivity contribution in [3.8, 4) is 5.75 Å². The smallest absolute Gasteiger partial charge is 0.255 e. The number of nitrogens with two attached hydrogens (primary N) is 1. The average Bonchev–Trinajstić information content (AvgIpc) is 3.34. The van der Waals surface area contributed by atoms with Gasteiger partial charge in [0.25, 0.3) is 5.91 Å². The van der Waals surface area contributed by atoms with Crippen molar-refractivity contribution in [2.24, 2.45) is 17.6 Å². The average molecular weight is 645 g/mol. The molecule has 0 heterocycles. The monoisotopic (exact) mass is 643 g/mol. The van der Waals surface area contributed by atoms with Gasteiger partial charge in [0.2, 0.25) is 5.78 Å². The van der Waals surface area contributed by atoms with Crippen LogP contribution in [0.2, 0.25) is 0 Å². The summed E-state index contributed by atoms with van der Waals surface area (Å²) < 4.78 is 16.2. The fourth-order valence-corrected chi connectivity index (χ4v) is 7.80. The predicted octanol–water partition coefficient (Wildman–Crippen LogP) is 3.10. The Balaban J connectivity index is 0.00000253. The van der Waals surface area contributed by atoms with E-state index >= 15 is 4.39 Å². The van der Waals surface area contributed by atoms with Crippen molar-refractivity contribution in [2.75, 3.05) is 20.6 Å². The van der Waals surface area contributed by atoms with Gasteiger partial charge in [-0.25, -0.2) is 4.39 Å². The van der Waals surface area contributed by atoms with Gasteiger partial charge in [0.05, 0.1) is 11.6 Å². The lowest BCUT2D eigenvalue weighted by Gasteiger charge is -2.50. The van der Waals surface area contributed by atoms with Crippen LogP contribution in [-0.4, -0.2) is 85.5 Å². The summed E-state index contributed by atoms with van der Waals surface area (Å²) in [7, 11) is 3.06. The molecule has 4 aliphatic rings. The van der Waals surface area contributed by atoms with Gasteiger partial charge in [-0.05, 0) is 65.2 Å². The molecule has 13 heteroatoms. The van der Waals surface area contributed by atoms with E-state index in [0.29, 0.717) is 6.54 Å². The second-order valence-corrected chi connectivity index (χ2v) is 12.4. The molecule has 0 saturated heterocycles. The zero-order chi connectivity index (χ0) is 30.2. The minimum absolute atomic E-state index is 0. The molecule has 10 nitrogen and oxygen atoms in total. The van der Waals surface area contributed by atoms with Gasteiger partial charge in [-0.2, -0.15) is 0 Å². The maximum Gasteiger partial charge on any atom is 0.255 e. The number of Topliss-reactive ketones (excluding diaryl/α,β-unsaturated/α-hetero) is 2. The van der Waals surface area contributed by atoms with Gasteiger partial charge in [-0.3, -0.25) is 24.2 Å². The molecular formula is C30H40Cl2FN3O7. The first-order valence-electron chi connectivity index (χ1n) is 14.1. The summed E-state index contributed by atoms with van der Waals surface area (Å²) in [6.45, 7) is 5.12. The van der Waals surface area contributed by atoms with Gasteiger partial charge < -0.3 is 26.2 Å². The van der Waals surface area contributed by atoms with E-state index in [1.54, 1.807) is 0 Å². The Bertz CT molecular complexity index is 1420. The molecule has 5 rings (SSSR count). The molecule has 43 heavy (non-hydrogen) atoms. The quantitative estimate of drug-likeness (QED) is 0.293. The van der Waals surface area contributed by atoms with Gasteiger partial charge >= 0.3 is 0 Å². The van der Waals surface area contributed by atoms with E-state index in [-0.39, 0.29) is 72.0 Å². The largest absolute Gasteiger partial charge is 0.508 e. The van der Waals surface area contributed by atoms with E-state index in [1.807, 2.05) is 6.92 Å². The lowest BCUT2D eigenvalue weighted by Crippen LogP contribution is -2.65. The van der Waals surface area contributed by atoms with Gasteiger partial charge in [0, 0.05) is 34.7 Å². The number of carbonyl (C=O) groups excluding carboxylic acids is 3. The summed E-state index contributed by atoms with van der Waals surface area (Å²) in [5, 5.41) is 44.9. The Morgan fingerprint density at radius 1 is 1.14 bits per heavy atom. The molecule has 2 fully saturated rings. The molecular weight excluding hydrogens is 604 g/mol. The summed E-state index contributed by atoms with van der Waals surface area (Å²) >= 11 is 0. The van der Waals surface area contributed by atoms with Crippen molar-refractivity contribution < 1.29 is 39.2 Å². The Morgan fingerprint density at radius 2 is 1.74 bits per heavy atom. The number of hydrogen-bond acceptors (Lipinski definition) is 9. The number of aliphatic hydroxyl groups is 3. The predicted molar refractivity (Wildman–Crippen MR) is 162 cm³/mol. The highest BCUT2D eigenvalue weighted by molar-refractivity contribution is 6.24. The number of nitrogens with zero attached hydrogens (tertiary/aromatic N) is 2. The number of aliphatic hydroxyl groups excluding tert-OH is 2. The zero-order valence-corrected chi connectivity index (χ0v) is 26.3. The summed E-state index contributed by atoms with van der Waals surface area (Å²) in [4.78, 5) is 42.8. The highest BCUT2D eigenvalue weighted by Gasteiger charge is 2.64. The third-order valence-electron chi connectivity index (χ3n) is 9.92. The van der Waals surface area contributed by atoms with Crippen LogP contribution in [0.15, 0.2) is 23.0 Å². The maximum absolute atomic E-state index is 16.2. The van der Waals surface area contributed by atoms with Crippen LogP contribution >= 0.6 is 24.8 Å². The first-order valence-corrected chi connectivity index (χ1v) is 14.1. The van der Waals surface area contributed by atoms with Crippen LogP contribution in [0.4, 0.5) is 4.39 Å². The van der Waals surface area contributed by atoms with Crippen LogP contribution in [-0.2, 0) is 27.3 Å². The minimum atomic E-state index is -2.73. The van der Waals surface area contributed by atoms with E-state index in [4.69, 9.17) is 5.73 Å². The molecule has 0 spiro atoms. The number of primary amides is 1. The highest BCUT2D eigenvalue weighted by atomic mass is 35.5. The molecule has 0 unspecified atom stereocenters. The van der Waals surface area contributed by atoms with E-state index < -0.39 is 69.6 Å². The number of carbonyl (C=O) groups is 3. The second kappa shape index (κ2) is 12.0. The van der Waals surface area contributed by atoms with Gasteiger partial charge in [0.1, 0.15) is 28.7 Å². The third-order valence-corrected chi connectivity index (χ3v) is 9.92. The van der Waals surface area contributed by atoms with Crippen LogP contribution < -0.4 is 5.73 Å². The molecule has 0 aromatic heterocycles. The number of likely N-dealkylation sites (N-methyl/N-ethyl adjacent to an activating group) is 1. The molecule has 238 valence electrons. The zero-order valence-electron chi connectivity index (χ0n) is 24.6. The Kier molecular flexibility index (Phi) is 9.71. The normalized spacial score (nSPS) is 27.9. The number of phenolic OH excluding ortho intramolecular Hbond substituents is 1. The second-order valence-electron chi connectivity index (χ2n) is 12.4. The lowest BCUT2D eigenvalue weighted by atomic mass is 9.57. The Morgan fingerprint density at radius 3 is 2.28 bits per heavy atom. The molecule has 2 saturated carbocycles. The first-order chi connectivity index (χ1) is 19.2. The number of ketones is 2. The van der Waals surface area contributed by atoms with Crippen LogP contribution in [0.25, 0.3) is 5.76 Å². The van der Waals surface area contributed by atoms with E-state index in [2.05, 4.69) is 11.8 Å². The summed E-state index contributed by atoms with van der Waals surface area (Å²) in [6.07, 6.45) is 4.01. The number of hydrogen-bond donors (Lipinski definition) is 5. The number of amides is 1. The number of benzene rings is 1. The van der Waals surface area contributed by atoms with E-state index in [9.17, 15) is 34.8 Å². The maximum atomic E-state index is 16.2. The van der Waals surface area contributed by atoms with Crippen molar-refractivity contribution in [3.05, 3.63) is 45.5 Å². The van der Waals surface area contributed by atoms with Crippen molar-refractivity contribution >= 4 is 48.0 Å². The van der Waals surface area contributed by atoms with Crippen LogP contribution in [0.3, 0.4) is 0 Å². The first kappa shape index (κ1) is 34.8. The van der Waals surface area contributed by atoms with Crippen molar-refractivity contribution in [3.63, 3.8) is 0 Å². The molecule has 4 atom stereocenters. The van der Waals surface area contributed by atoms with Crippen molar-refractivity contribution in [1.29, 1.82) is 0 Å². The van der Waals surface area contributed by atoms with E-state index in [0.717, 1.165) is 25.7 Å². The number of aromatic hydroxyl groups is 1. The van der Waals surface area contributed by atoms with Crippen LogP contribution in [0.1, 0.15) is 62.6 Å².